The molecular weight excluding hydrogens is 214 g/mol. The fraction of sp³-hybridized carbons (Fsp3) is 0.231. The van der Waals surface area contributed by atoms with Crippen molar-refractivity contribution in [2.24, 2.45) is 5.73 Å². The first-order valence-corrected chi connectivity index (χ1v) is 5.44. The van der Waals surface area contributed by atoms with Crippen molar-refractivity contribution in [2.75, 3.05) is 0 Å². The standard InChI is InChI=1S/C13H15N3O/c1-9-3-4-12(5-10(9)2)17-13-11(6-14)7-15-8-16-13/h3-5,7-8H,6,14H2,1-2H3. The highest BCUT2D eigenvalue weighted by atomic mass is 16.5. The van der Waals surface area contributed by atoms with E-state index < -0.39 is 0 Å². The fourth-order valence-corrected chi connectivity index (χ4v) is 1.47. The molecule has 1 aromatic heterocycles. The number of hydrogen-bond acceptors (Lipinski definition) is 4. The molecule has 0 atom stereocenters. The van der Waals surface area contributed by atoms with Crippen LogP contribution in [0.5, 0.6) is 11.6 Å². The van der Waals surface area contributed by atoms with Gasteiger partial charge in [0.1, 0.15) is 12.1 Å². The molecule has 2 aromatic rings. The van der Waals surface area contributed by atoms with E-state index in [1.165, 1.54) is 17.5 Å². The summed E-state index contributed by atoms with van der Waals surface area (Å²) in [5.41, 5.74) is 8.82. The molecule has 0 fully saturated rings. The van der Waals surface area contributed by atoms with Gasteiger partial charge in [-0.05, 0) is 37.1 Å². The lowest BCUT2D eigenvalue weighted by molar-refractivity contribution is 0.454. The van der Waals surface area contributed by atoms with Crippen LogP contribution in [0.3, 0.4) is 0 Å². The SMILES string of the molecule is Cc1ccc(Oc2ncncc2CN)cc1C. The zero-order chi connectivity index (χ0) is 12.3. The maximum Gasteiger partial charge on any atom is 0.226 e. The van der Waals surface area contributed by atoms with Crippen LogP contribution in [0.15, 0.2) is 30.7 Å². The summed E-state index contributed by atoms with van der Waals surface area (Å²) in [5.74, 6) is 1.28. The van der Waals surface area contributed by atoms with Crippen molar-refractivity contribution >= 4 is 0 Å². The molecular formula is C13H15N3O. The molecule has 4 heteroatoms. The van der Waals surface area contributed by atoms with E-state index in [4.69, 9.17) is 10.5 Å². The summed E-state index contributed by atoms with van der Waals surface area (Å²) in [6, 6.07) is 5.93. The highest BCUT2D eigenvalue weighted by Crippen LogP contribution is 2.23. The Kier molecular flexibility index (Phi) is 3.35. The Balaban J connectivity index is 2.28. The number of aromatic nitrogens is 2. The highest BCUT2D eigenvalue weighted by Gasteiger charge is 2.05. The lowest BCUT2D eigenvalue weighted by atomic mass is 10.1. The molecule has 1 heterocycles. The van der Waals surface area contributed by atoms with Gasteiger partial charge in [-0.2, -0.15) is 0 Å². The van der Waals surface area contributed by atoms with Crippen LogP contribution < -0.4 is 10.5 Å². The van der Waals surface area contributed by atoms with Crippen molar-refractivity contribution in [1.82, 2.24) is 9.97 Å². The summed E-state index contributed by atoms with van der Waals surface area (Å²) in [5, 5.41) is 0. The first-order chi connectivity index (χ1) is 8.20. The lowest BCUT2D eigenvalue weighted by Gasteiger charge is -2.09. The molecule has 88 valence electrons. The third-order valence-corrected chi connectivity index (χ3v) is 2.66. The fourth-order valence-electron chi connectivity index (χ4n) is 1.47. The molecule has 0 saturated heterocycles. The largest absolute Gasteiger partial charge is 0.439 e. The number of rotatable bonds is 3. The van der Waals surface area contributed by atoms with E-state index in [2.05, 4.69) is 16.9 Å². The quantitative estimate of drug-likeness (QED) is 0.877. The molecule has 0 bridgehead atoms. The van der Waals surface area contributed by atoms with E-state index in [0.717, 1.165) is 11.3 Å². The maximum atomic E-state index is 5.71. The van der Waals surface area contributed by atoms with Crippen LogP contribution in [-0.4, -0.2) is 9.97 Å². The summed E-state index contributed by atoms with van der Waals surface area (Å²) in [4.78, 5) is 8.00. The predicted molar refractivity (Wildman–Crippen MR) is 65.9 cm³/mol. The number of hydrogen-bond donors (Lipinski definition) is 1. The van der Waals surface area contributed by atoms with Crippen molar-refractivity contribution < 1.29 is 4.74 Å². The van der Waals surface area contributed by atoms with Gasteiger partial charge in [-0.3, -0.25) is 0 Å². The molecule has 0 spiro atoms. The minimum absolute atomic E-state index is 0.362. The van der Waals surface area contributed by atoms with Crippen LogP contribution in [0.2, 0.25) is 0 Å². The van der Waals surface area contributed by atoms with E-state index in [0.29, 0.717) is 12.4 Å². The van der Waals surface area contributed by atoms with Crippen LogP contribution in [0.4, 0.5) is 0 Å². The van der Waals surface area contributed by atoms with Gasteiger partial charge in [-0.1, -0.05) is 6.07 Å². The molecule has 17 heavy (non-hydrogen) atoms. The zero-order valence-corrected chi connectivity index (χ0v) is 9.97. The third kappa shape index (κ3) is 2.60. The van der Waals surface area contributed by atoms with E-state index in [1.54, 1.807) is 6.20 Å². The van der Waals surface area contributed by atoms with E-state index in [-0.39, 0.29) is 0 Å². The van der Waals surface area contributed by atoms with E-state index >= 15 is 0 Å². The van der Waals surface area contributed by atoms with Gasteiger partial charge < -0.3 is 10.5 Å². The molecule has 4 nitrogen and oxygen atoms in total. The summed E-state index contributed by atoms with van der Waals surface area (Å²) in [6.45, 7) is 4.47. The van der Waals surface area contributed by atoms with Gasteiger partial charge in [0.05, 0.1) is 0 Å². The normalized spacial score (nSPS) is 10.3. The molecule has 2 N–H and O–H groups in total. The van der Waals surface area contributed by atoms with Crippen LogP contribution >= 0.6 is 0 Å². The number of aryl methyl sites for hydroxylation is 2. The average molecular weight is 229 g/mol. The number of nitrogens with zero attached hydrogens (tertiary/aromatic N) is 2. The Labute approximate surface area is 100 Å². The van der Waals surface area contributed by atoms with Crippen LogP contribution in [-0.2, 0) is 6.54 Å². The van der Waals surface area contributed by atoms with Crippen molar-refractivity contribution in [3.63, 3.8) is 0 Å². The van der Waals surface area contributed by atoms with Gasteiger partial charge in [0.2, 0.25) is 5.88 Å². The molecule has 1 aromatic carbocycles. The average Bonchev–Trinajstić information content (AvgIpc) is 2.34. The van der Waals surface area contributed by atoms with Crippen molar-refractivity contribution in [3.05, 3.63) is 47.4 Å². The van der Waals surface area contributed by atoms with Gasteiger partial charge in [0, 0.05) is 18.3 Å². The second-order valence-electron chi connectivity index (χ2n) is 3.91. The molecule has 0 aliphatic heterocycles. The summed E-state index contributed by atoms with van der Waals surface area (Å²) in [7, 11) is 0. The summed E-state index contributed by atoms with van der Waals surface area (Å²) >= 11 is 0. The van der Waals surface area contributed by atoms with Crippen molar-refractivity contribution in [2.45, 2.75) is 20.4 Å². The number of ether oxygens (including phenoxy) is 1. The second-order valence-corrected chi connectivity index (χ2v) is 3.91. The van der Waals surface area contributed by atoms with Crippen molar-refractivity contribution in [3.8, 4) is 11.6 Å². The van der Waals surface area contributed by atoms with E-state index in [1.807, 2.05) is 25.1 Å². The monoisotopic (exact) mass is 229 g/mol. The molecule has 0 unspecified atom stereocenters. The van der Waals surface area contributed by atoms with Gasteiger partial charge in [0.25, 0.3) is 0 Å². The van der Waals surface area contributed by atoms with Gasteiger partial charge in [-0.15, -0.1) is 0 Å². The Morgan fingerprint density at radius 1 is 1.24 bits per heavy atom. The third-order valence-electron chi connectivity index (χ3n) is 2.66. The molecule has 2 rings (SSSR count). The first kappa shape index (κ1) is 11.5. The zero-order valence-electron chi connectivity index (χ0n) is 9.97. The van der Waals surface area contributed by atoms with Gasteiger partial charge >= 0.3 is 0 Å². The van der Waals surface area contributed by atoms with Crippen LogP contribution in [0.1, 0.15) is 16.7 Å². The highest BCUT2D eigenvalue weighted by molar-refractivity contribution is 5.37. The van der Waals surface area contributed by atoms with E-state index in [9.17, 15) is 0 Å². The summed E-state index contributed by atoms with van der Waals surface area (Å²) in [6.07, 6.45) is 3.12. The molecule has 0 radical (unpaired) electrons. The molecule has 0 saturated carbocycles. The molecule has 0 aliphatic rings. The van der Waals surface area contributed by atoms with Gasteiger partial charge in [-0.25, -0.2) is 9.97 Å². The smallest absolute Gasteiger partial charge is 0.226 e. The predicted octanol–water partition coefficient (Wildman–Crippen LogP) is 2.34. The maximum absolute atomic E-state index is 5.71. The van der Waals surface area contributed by atoms with Crippen molar-refractivity contribution in [1.29, 1.82) is 0 Å². The van der Waals surface area contributed by atoms with Crippen LogP contribution in [0, 0.1) is 13.8 Å². The Hall–Kier alpha value is -1.94. The number of benzene rings is 1. The number of nitrogens with two attached hydrogens (primary N) is 1. The van der Waals surface area contributed by atoms with Gasteiger partial charge in [0.15, 0.2) is 0 Å². The summed E-state index contributed by atoms with van der Waals surface area (Å²) < 4.78 is 5.71. The molecule has 0 amide bonds. The topological polar surface area (TPSA) is 61.0 Å². The Bertz CT molecular complexity index is 526. The second kappa shape index (κ2) is 4.93. The minimum Gasteiger partial charge on any atom is -0.439 e. The Morgan fingerprint density at radius 3 is 2.76 bits per heavy atom. The molecule has 0 aliphatic carbocycles. The lowest BCUT2D eigenvalue weighted by Crippen LogP contribution is -2.02. The first-order valence-electron chi connectivity index (χ1n) is 5.44. The minimum atomic E-state index is 0.362. The van der Waals surface area contributed by atoms with Crippen LogP contribution in [0.25, 0.3) is 0 Å². The Morgan fingerprint density at radius 2 is 2.06 bits per heavy atom.